The molecule has 12 heavy (non-hydrogen) atoms. The molecule has 1 fully saturated rings. The highest BCUT2D eigenvalue weighted by atomic mass is 16.3. The molecule has 0 amide bonds. The summed E-state index contributed by atoms with van der Waals surface area (Å²) in [5.41, 5.74) is -0.405. The number of nitrogens with zero attached hydrogens (tertiary/aromatic N) is 2. The summed E-state index contributed by atoms with van der Waals surface area (Å²) in [5, 5.41) is 9.44. The summed E-state index contributed by atoms with van der Waals surface area (Å²) < 4.78 is 0. The highest BCUT2D eigenvalue weighted by Gasteiger charge is 2.35. The van der Waals surface area contributed by atoms with Crippen molar-refractivity contribution < 1.29 is 5.11 Å². The van der Waals surface area contributed by atoms with Gasteiger partial charge in [-0.2, -0.15) is 0 Å². The van der Waals surface area contributed by atoms with Gasteiger partial charge in [0.2, 0.25) is 0 Å². The van der Waals surface area contributed by atoms with E-state index in [0.29, 0.717) is 0 Å². The molecule has 0 aromatic carbocycles. The molecule has 3 nitrogen and oxygen atoms in total. The average molecular weight is 172 g/mol. The van der Waals surface area contributed by atoms with E-state index < -0.39 is 5.60 Å². The molecule has 0 atom stereocenters. The van der Waals surface area contributed by atoms with Crippen LogP contribution in [0.1, 0.15) is 13.3 Å². The molecule has 0 aromatic heterocycles. The Morgan fingerprint density at radius 1 is 1.42 bits per heavy atom. The van der Waals surface area contributed by atoms with Crippen LogP contribution in [0.2, 0.25) is 0 Å². The Bertz CT molecular complexity index is 137. The topological polar surface area (TPSA) is 26.7 Å². The highest BCUT2D eigenvalue weighted by molar-refractivity contribution is 4.90. The zero-order valence-electron chi connectivity index (χ0n) is 8.38. The first-order chi connectivity index (χ1) is 5.49. The Morgan fingerprint density at radius 2 is 2.00 bits per heavy atom. The standard InChI is InChI=1S/C9H20N2O/c1-9(12)7-11(8-9)6-4-5-10(2)3/h12H,4-8H2,1-3H3. The van der Waals surface area contributed by atoms with Gasteiger partial charge in [-0.25, -0.2) is 0 Å². The molecule has 72 valence electrons. The summed E-state index contributed by atoms with van der Waals surface area (Å²) >= 11 is 0. The molecule has 3 heteroatoms. The van der Waals surface area contributed by atoms with Gasteiger partial charge in [-0.05, 0) is 40.5 Å². The van der Waals surface area contributed by atoms with E-state index in [9.17, 15) is 5.11 Å². The fraction of sp³-hybridized carbons (Fsp3) is 1.00. The van der Waals surface area contributed by atoms with Gasteiger partial charge in [0.15, 0.2) is 0 Å². The molecule has 0 aliphatic carbocycles. The van der Waals surface area contributed by atoms with E-state index in [-0.39, 0.29) is 0 Å². The summed E-state index contributed by atoms with van der Waals surface area (Å²) in [6, 6.07) is 0. The number of rotatable bonds is 4. The second-order valence-electron chi connectivity index (χ2n) is 4.36. The van der Waals surface area contributed by atoms with Gasteiger partial charge < -0.3 is 10.0 Å². The van der Waals surface area contributed by atoms with Crippen LogP contribution < -0.4 is 0 Å². The third-order valence-corrected chi connectivity index (χ3v) is 2.21. The van der Waals surface area contributed by atoms with Crippen LogP contribution in [0.3, 0.4) is 0 Å². The molecule has 1 saturated heterocycles. The molecule has 1 heterocycles. The lowest BCUT2D eigenvalue weighted by molar-refractivity contribution is -0.0835. The van der Waals surface area contributed by atoms with Gasteiger partial charge in [0.25, 0.3) is 0 Å². The third kappa shape index (κ3) is 3.09. The Balaban J connectivity index is 1.97. The van der Waals surface area contributed by atoms with Crippen molar-refractivity contribution in [3.63, 3.8) is 0 Å². The first kappa shape index (κ1) is 9.96. The van der Waals surface area contributed by atoms with Crippen molar-refractivity contribution in [2.24, 2.45) is 0 Å². The van der Waals surface area contributed by atoms with Crippen LogP contribution >= 0.6 is 0 Å². The molecule has 1 aliphatic heterocycles. The monoisotopic (exact) mass is 172 g/mol. The Morgan fingerprint density at radius 3 is 2.42 bits per heavy atom. The van der Waals surface area contributed by atoms with Crippen molar-refractivity contribution >= 4 is 0 Å². The Labute approximate surface area is 75.0 Å². The minimum atomic E-state index is -0.405. The van der Waals surface area contributed by atoms with Crippen molar-refractivity contribution in [2.45, 2.75) is 18.9 Å². The summed E-state index contributed by atoms with van der Waals surface area (Å²) in [6.07, 6.45) is 1.20. The zero-order valence-corrected chi connectivity index (χ0v) is 8.38. The fourth-order valence-corrected chi connectivity index (χ4v) is 1.69. The van der Waals surface area contributed by atoms with Crippen LogP contribution in [0.5, 0.6) is 0 Å². The quantitative estimate of drug-likeness (QED) is 0.647. The van der Waals surface area contributed by atoms with Crippen LogP contribution in [0.4, 0.5) is 0 Å². The van der Waals surface area contributed by atoms with E-state index in [1.807, 2.05) is 6.92 Å². The highest BCUT2D eigenvalue weighted by Crippen LogP contribution is 2.19. The lowest BCUT2D eigenvalue weighted by Gasteiger charge is -2.44. The van der Waals surface area contributed by atoms with Gasteiger partial charge in [0.05, 0.1) is 5.60 Å². The first-order valence-electron chi connectivity index (χ1n) is 4.59. The van der Waals surface area contributed by atoms with Crippen LogP contribution in [0, 0.1) is 0 Å². The Kier molecular flexibility index (Phi) is 3.09. The summed E-state index contributed by atoms with van der Waals surface area (Å²) in [4.78, 5) is 4.49. The third-order valence-electron chi connectivity index (χ3n) is 2.21. The molecule has 0 spiro atoms. The van der Waals surface area contributed by atoms with Crippen molar-refractivity contribution in [3.8, 4) is 0 Å². The predicted molar refractivity (Wildman–Crippen MR) is 50.2 cm³/mol. The molecule has 0 radical (unpaired) electrons. The zero-order chi connectivity index (χ0) is 9.19. The van der Waals surface area contributed by atoms with E-state index in [1.165, 1.54) is 6.42 Å². The van der Waals surface area contributed by atoms with Crippen molar-refractivity contribution in [1.82, 2.24) is 9.80 Å². The Hall–Kier alpha value is -0.120. The van der Waals surface area contributed by atoms with Gasteiger partial charge in [-0.15, -0.1) is 0 Å². The molecule has 1 rings (SSSR count). The molecular formula is C9H20N2O. The van der Waals surface area contributed by atoms with E-state index in [4.69, 9.17) is 0 Å². The molecular weight excluding hydrogens is 152 g/mol. The van der Waals surface area contributed by atoms with Gasteiger partial charge in [-0.1, -0.05) is 0 Å². The second-order valence-corrected chi connectivity index (χ2v) is 4.36. The predicted octanol–water partition coefficient (Wildman–Crippen LogP) is 0.00470. The van der Waals surface area contributed by atoms with Crippen molar-refractivity contribution in [2.75, 3.05) is 40.3 Å². The lowest BCUT2D eigenvalue weighted by Crippen LogP contribution is -2.59. The van der Waals surface area contributed by atoms with Crippen molar-refractivity contribution in [1.29, 1.82) is 0 Å². The molecule has 0 bridgehead atoms. The molecule has 1 N–H and O–H groups in total. The van der Waals surface area contributed by atoms with Gasteiger partial charge in [0, 0.05) is 13.1 Å². The van der Waals surface area contributed by atoms with E-state index in [1.54, 1.807) is 0 Å². The second kappa shape index (κ2) is 3.73. The number of β-amino-alcohol motifs (C(OH)–C–C–N with tert-alkyl or cyclic N) is 1. The maximum Gasteiger partial charge on any atom is 0.0872 e. The smallest absolute Gasteiger partial charge is 0.0872 e. The number of likely N-dealkylation sites (tertiary alicyclic amines) is 1. The van der Waals surface area contributed by atoms with E-state index >= 15 is 0 Å². The van der Waals surface area contributed by atoms with Crippen LogP contribution in [0.15, 0.2) is 0 Å². The summed E-state index contributed by atoms with van der Waals surface area (Å²) in [6.45, 7) is 5.85. The van der Waals surface area contributed by atoms with Gasteiger partial charge >= 0.3 is 0 Å². The molecule has 0 aromatic rings. The summed E-state index contributed by atoms with van der Waals surface area (Å²) in [7, 11) is 4.18. The van der Waals surface area contributed by atoms with Gasteiger partial charge in [-0.3, -0.25) is 4.90 Å². The fourth-order valence-electron chi connectivity index (χ4n) is 1.69. The van der Waals surface area contributed by atoms with Crippen LogP contribution in [-0.2, 0) is 0 Å². The number of hydrogen-bond donors (Lipinski definition) is 1. The van der Waals surface area contributed by atoms with Gasteiger partial charge in [0.1, 0.15) is 0 Å². The number of aliphatic hydroxyl groups is 1. The minimum Gasteiger partial charge on any atom is -0.388 e. The lowest BCUT2D eigenvalue weighted by atomic mass is 9.97. The molecule has 0 unspecified atom stereocenters. The normalized spacial score (nSPS) is 22.8. The maximum absolute atomic E-state index is 9.44. The summed E-state index contributed by atoms with van der Waals surface area (Å²) in [5.74, 6) is 0. The van der Waals surface area contributed by atoms with E-state index in [2.05, 4.69) is 23.9 Å². The van der Waals surface area contributed by atoms with E-state index in [0.717, 1.165) is 26.2 Å². The molecule has 1 aliphatic rings. The van der Waals surface area contributed by atoms with Crippen LogP contribution in [0.25, 0.3) is 0 Å². The molecule has 0 saturated carbocycles. The number of hydrogen-bond acceptors (Lipinski definition) is 3. The maximum atomic E-state index is 9.44. The average Bonchev–Trinajstić information content (AvgIpc) is 1.82. The first-order valence-corrected chi connectivity index (χ1v) is 4.59. The van der Waals surface area contributed by atoms with Crippen LogP contribution in [-0.4, -0.2) is 60.8 Å². The SMILES string of the molecule is CN(C)CCCN1CC(C)(O)C1. The van der Waals surface area contributed by atoms with Crippen molar-refractivity contribution in [3.05, 3.63) is 0 Å². The minimum absolute atomic E-state index is 0.405. The largest absolute Gasteiger partial charge is 0.388 e.